The molecule has 0 fully saturated rings. The van der Waals surface area contributed by atoms with Gasteiger partial charge in [-0.25, -0.2) is 4.98 Å². The second-order valence-corrected chi connectivity index (χ2v) is 7.08. The second kappa shape index (κ2) is 9.35. The van der Waals surface area contributed by atoms with Gasteiger partial charge in [-0.2, -0.15) is 0 Å². The number of anilines is 1. The molecule has 0 bridgehead atoms. The van der Waals surface area contributed by atoms with Crippen LogP contribution in [-0.2, 0) is 4.79 Å². The van der Waals surface area contributed by atoms with Gasteiger partial charge in [0.05, 0.1) is 12.3 Å². The van der Waals surface area contributed by atoms with Crippen molar-refractivity contribution in [3.63, 3.8) is 0 Å². The van der Waals surface area contributed by atoms with E-state index in [1.807, 2.05) is 41.8 Å². The zero-order valence-corrected chi connectivity index (χ0v) is 16.4. The monoisotopic (exact) mass is 398 g/mol. The van der Waals surface area contributed by atoms with Crippen molar-refractivity contribution < 1.29 is 9.53 Å². The highest BCUT2D eigenvalue weighted by atomic mass is 35.5. The highest BCUT2D eigenvalue weighted by Crippen LogP contribution is 2.26. The third kappa shape index (κ3) is 5.67. The maximum atomic E-state index is 12.1. The number of hydrogen-bond acceptors (Lipinski definition) is 4. The van der Waals surface area contributed by atoms with E-state index in [2.05, 4.69) is 17.2 Å². The maximum Gasteiger partial charge on any atom is 0.250 e. The van der Waals surface area contributed by atoms with Crippen molar-refractivity contribution in [2.75, 3.05) is 11.9 Å². The van der Waals surface area contributed by atoms with Crippen LogP contribution in [0.5, 0.6) is 5.75 Å². The number of nitrogens with one attached hydrogen (secondary N) is 1. The van der Waals surface area contributed by atoms with Gasteiger partial charge in [-0.05, 0) is 54.5 Å². The average molecular weight is 399 g/mol. The van der Waals surface area contributed by atoms with Gasteiger partial charge in [-0.15, -0.1) is 11.3 Å². The van der Waals surface area contributed by atoms with Crippen LogP contribution in [0, 0.1) is 0 Å². The maximum absolute atomic E-state index is 12.1. The Morgan fingerprint density at radius 1 is 1.19 bits per heavy atom. The Balaban J connectivity index is 1.60. The summed E-state index contributed by atoms with van der Waals surface area (Å²) in [7, 11) is 0. The average Bonchev–Trinajstić information content (AvgIpc) is 3.14. The molecule has 0 saturated heterocycles. The van der Waals surface area contributed by atoms with Crippen LogP contribution in [-0.4, -0.2) is 17.5 Å². The molecular formula is C21H19ClN2O2S. The SMILES string of the molecule is CCCOc1ccc(-c2csc(NC(=O)C=Cc3ccc(Cl)cc3)n2)cc1. The fourth-order valence-corrected chi connectivity index (χ4v) is 3.15. The van der Waals surface area contributed by atoms with Crippen molar-refractivity contribution in [1.29, 1.82) is 0 Å². The summed E-state index contributed by atoms with van der Waals surface area (Å²) in [4.78, 5) is 16.5. The molecule has 1 N–H and O–H groups in total. The van der Waals surface area contributed by atoms with Crippen LogP contribution in [0.3, 0.4) is 0 Å². The van der Waals surface area contributed by atoms with E-state index in [1.165, 1.54) is 17.4 Å². The third-order valence-electron chi connectivity index (χ3n) is 3.65. The van der Waals surface area contributed by atoms with Gasteiger partial charge in [0.15, 0.2) is 5.13 Å². The first kappa shape index (κ1) is 19.1. The van der Waals surface area contributed by atoms with Crippen molar-refractivity contribution in [1.82, 2.24) is 4.98 Å². The summed E-state index contributed by atoms with van der Waals surface area (Å²) >= 11 is 7.24. The van der Waals surface area contributed by atoms with E-state index in [-0.39, 0.29) is 5.91 Å². The van der Waals surface area contributed by atoms with E-state index in [0.29, 0.717) is 16.8 Å². The molecule has 1 amide bonds. The van der Waals surface area contributed by atoms with Crippen LogP contribution in [0.25, 0.3) is 17.3 Å². The Morgan fingerprint density at radius 2 is 1.93 bits per heavy atom. The topological polar surface area (TPSA) is 51.2 Å². The van der Waals surface area contributed by atoms with Crippen LogP contribution in [0.15, 0.2) is 60.0 Å². The molecule has 0 spiro atoms. The molecule has 0 unspecified atom stereocenters. The summed E-state index contributed by atoms with van der Waals surface area (Å²) in [5.41, 5.74) is 2.70. The van der Waals surface area contributed by atoms with Gasteiger partial charge in [0.2, 0.25) is 5.91 Å². The minimum atomic E-state index is -0.228. The number of nitrogens with zero attached hydrogens (tertiary/aromatic N) is 1. The van der Waals surface area contributed by atoms with Gasteiger partial charge in [-0.3, -0.25) is 10.1 Å². The van der Waals surface area contributed by atoms with Gasteiger partial charge < -0.3 is 4.74 Å². The Kier molecular flexibility index (Phi) is 6.63. The number of ether oxygens (including phenoxy) is 1. The lowest BCUT2D eigenvalue weighted by Gasteiger charge is -2.04. The lowest BCUT2D eigenvalue weighted by Crippen LogP contribution is -2.07. The molecule has 0 saturated carbocycles. The van der Waals surface area contributed by atoms with Crippen LogP contribution < -0.4 is 10.1 Å². The molecule has 0 atom stereocenters. The van der Waals surface area contributed by atoms with Crippen LogP contribution in [0.1, 0.15) is 18.9 Å². The van der Waals surface area contributed by atoms with E-state index >= 15 is 0 Å². The Hall–Kier alpha value is -2.63. The molecule has 0 aliphatic carbocycles. The summed E-state index contributed by atoms with van der Waals surface area (Å²) in [5.74, 6) is 0.617. The number of carbonyl (C=O) groups is 1. The fourth-order valence-electron chi connectivity index (χ4n) is 2.30. The Bertz CT molecular complexity index is 918. The van der Waals surface area contributed by atoms with Gasteiger partial charge >= 0.3 is 0 Å². The number of carbonyl (C=O) groups excluding carboxylic acids is 1. The van der Waals surface area contributed by atoms with Gasteiger partial charge in [0.1, 0.15) is 5.75 Å². The highest BCUT2D eigenvalue weighted by Gasteiger charge is 2.07. The number of thiazole rings is 1. The lowest BCUT2D eigenvalue weighted by molar-refractivity contribution is -0.111. The van der Waals surface area contributed by atoms with E-state index in [1.54, 1.807) is 18.2 Å². The van der Waals surface area contributed by atoms with Crippen molar-refractivity contribution in [2.24, 2.45) is 0 Å². The number of hydrogen-bond donors (Lipinski definition) is 1. The normalized spacial score (nSPS) is 10.9. The number of benzene rings is 2. The first-order valence-corrected chi connectivity index (χ1v) is 9.83. The first-order chi connectivity index (χ1) is 13.1. The first-order valence-electron chi connectivity index (χ1n) is 8.57. The summed E-state index contributed by atoms with van der Waals surface area (Å²) in [6.45, 7) is 2.78. The number of amides is 1. The van der Waals surface area contributed by atoms with Crippen molar-refractivity contribution in [3.8, 4) is 17.0 Å². The van der Waals surface area contributed by atoms with E-state index in [0.717, 1.165) is 29.0 Å². The lowest BCUT2D eigenvalue weighted by atomic mass is 10.2. The van der Waals surface area contributed by atoms with E-state index in [4.69, 9.17) is 16.3 Å². The fraction of sp³-hybridized carbons (Fsp3) is 0.143. The largest absolute Gasteiger partial charge is 0.494 e. The Labute approximate surface area is 167 Å². The van der Waals surface area contributed by atoms with Gasteiger partial charge in [0, 0.05) is 22.0 Å². The molecule has 0 aliphatic rings. The van der Waals surface area contributed by atoms with Crippen molar-refractivity contribution in [3.05, 3.63) is 70.6 Å². The summed E-state index contributed by atoms with van der Waals surface area (Å²) in [6.07, 6.45) is 4.18. The van der Waals surface area contributed by atoms with Crippen LogP contribution in [0.2, 0.25) is 5.02 Å². The predicted molar refractivity (Wildman–Crippen MR) is 112 cm³/mol. The molecule has 1 heterocycles. The van der Waals surface area contributed by atoms with E-state index in [9.17, 15) is 4.79 Å². The number of halogens is 1. The number of aromatic nitrogens is 1. The molecule has 27 heavy (non-hydrogen) atoms. The zero-order valence-electron chi connectivity index (χ0n) is 14.8. The van der Waals surface area contributed by atoms with Crippen molar-refractivity contribution in [2.45, 2.75) is 13.3 Å². The standard InChI is InChI=1S/C21H19ClN2O2S/c1-2-13-26-18-10-6-16(7-11-18)19-14-27-21(23-19)24-20(25)12-5-15-3-8-17(22)9-4-15/h3-12,14H,2,13H2,1H3,(H,23,24,25). The molecular weight excluding hydrogens is 380 g/mol. The summed E-state index contributed by atoms with van der Waals surface area (Å²) < 4.78 is 5.58. The van der Waals surface area contributed by atoms with Crippen LogP contribution >= 0.6 is 22.9 Å². The van der Waals surface area contributed by atoms with Crippen molar-refractivity contribution >= 4 is 40.1 Å². The third-order valence-corrected chi connectivity index (χ3v) is 4.66. The number of rotatable bonds is 7. The highest BCUT2D eigenvalue weighted by molar-refractivity contribution is 7.14. The zero-order chi connectivity index (χ0) is 19.1. The molecule has 4 nitrogen and oxygen atoms in total. The van der Waals surface area contributed by atoms with Gasteiger partial charge in [0.25, 0.3) is 0 Å². The smallest absolute Gasteiger partial charge is 0.250 e. The summed E-state index contributed by atoms with van der Waals surface area (Å²) in [5, 5.41) is 5.92. The molecule has 3 rings (SSSR count). The second-order valence-electron chi connectivity index (χ2n) is 5.78. The Morgan fingerprint density at radius 3 is 2.63 bits per heavy atom. The molecule has 2 aromatic carbocycles. The minimum Gasteiger partial charge on any atom is -0.494 e. The summed E-state index contributed by atoms with van der Waals surface area (Å²) in [6, 6.07) is 15.0. The molecule has 0 aliphatic heterocycles. The quantitative estimate of drug-likeness (QED) is 0.504. The van der Waals surface area contributed by atoms with E-state index < -0.39 is 0 Å². The minimum absolute atomic E-state index is 0.228. The van der Waals surface area contributed by atoms with Crippen LogP contribution in [0.4, 0.5) is 5.13 Å². The molecule has 3 aromatic rings. The molecule has 6 heteroatoms. The molecule has 138 valence electrons. The molecule has 0 radical (unpaired) electrons. The molecule has 1 aromatic heterocycles. The predicted octanol–water partition coefficient (Wildman–Crippen LogP) is 5.90. The van der Waals surface area contributed by atoms with Gasteiger partial charge in [-0.1, -0.05) is 30.7 Å².